The predicted molar refractivity (Wildman–Crippen MR) is 72.0 cm³/mol. The van der Waals surface area contributed by atoms with Crippen molar-refractivity contribution < 1.29 is 0 Å². The van der Waals surface area contributed by atoms with Gasteiger partial charge in [0.05, 0.1) is 11.0 Å². The number of hydrogen-bond acceptors (Lipinski definition) is 4. The van der Waals surface area contributed by atoms with Gasteiger partial charge in [-0.2, -0.15) is 4.68 Å². The first kappa shape index (κ1) is 10.1. The maximum absolute atomic E-state index is 4.35. The van der Waals surface area contributed by atoms with Crippen LogP contribution in [-0.4, -0.2) is 25.0 Å². The Hall–Kier alpha value is -2.82. The molecule has 0 spiro atoms. The lowest BCUT2D eigenvalue weighted by molar-refractivity contribution is 0.805. The van der Waals surface area contributed by atoms with Gasteiger partial charge in [0.25, 0.3) is 0 Å². The van der Waals surface area contributed by atoms with E-state index in [2.05, 4.69) is 20.3 Å². The van der Waals surface area contributed by atoms with E-state index < -0.39 is 0 Å². The van der Waals surface area contributed by atoms with Gasteiger partial charge in [-0.25, -0.2) is 9.97 Å². The zero-order valence-corrected chi connectivity index (χ0v) is 9.93. The van der Waals surface area contributed by atoms with Crippen LogP contribution in [0.1, 0.15) is 0 Å². The SMILES string of the molecule is c1ccc2c(-n3nnc4ccccc43)ncnc2c1. The number of hydrogen-bond donors (Lipinski definition) is 0. The molecule has 4 aromatic rings. The molecule has 4 rings (SSSR count). The van der Waals surface area contributed by atoms with Crippen molar-refractivity contribution in [2.75, 3.05) is 0 Å². The molecule has 0 fully saturated rings. The minimum Gasteiger partial charge on any atom is -0.236 e. The average Bonchev–Trinajstić information content (AvgIpc) is 2.90. The molecule has 0 unspecified atom stereocenters. The van der Waals surface area contributed by atoms with E-state index in [0.717, 1.165) is 27.8 Å². The van der Waals surface area contributed by atoms with Crippen LogP contribution in [0.25, 0.3) is 27.8 Å². The maximum atomic E-state index is 4.35. The van der Waals surface area contributed by atoms with Crippen LogP contribution in [-0.2, 0) is 0 Å². The second kappa shape index (κ2) is 3.84. The zero-order valence-electron chi connectivity index (χ0n) is 9.93. The first-order valence-electron chi connectivity index (χ1n) is 5.94. The number of nitrogens with zero attached hydrogens (tertiary/aromatic N) is 5. The van der Waals surface area contributed by atoms with E-state index >= 15 is 0 Å². The molecule has 0 radical (unpaired) electrons. The van der Waals surface area contributed by atoms with Crippen molar-refractivity contribution in [2.45, 2.75) is 0 Å². The van der Waals surface area contributed by atoms with Gasteiger partial charge in [-0.05, 0) is 24.3 Å². The molecule has 0 bridgehead atoms. The Bertz CT molecular complexity index is 876. The summed E-state index contributed by atoms with van der Waals surface area (Å²) in [4.78, 5) is 8.61. The van der Waals surface area contributed by atoms with Gasteiger partial charge in [0.1, 0.15) is 11.8 Å². The highest BCUT2D eigenvalue weighted by Crippen LogP contribution is 2.20. The van der Waals surface area contributed by atoms with Gasteiger partial charge >= 0.3 is 0 Å². The third-order valence-corrected chi connectivity index (χ3v) is 3.07. The van der Waals surface area contributed by atoms with Crippen LogP contribution >= 0.6 is 0 Å². The van der Waals surface area contributed by atoms with Crippen LogP contribution in [0.3, 0.4) is 0 Å². The van der Waals surface area contributed by atoms with E-state index in [1.54, 1.807) is 11.0 Å². The Morgan fingerprint density at radius 2 is 1.58 bits per heavy atom. The summed E-state index contributed by atoms with van der Waals surface area (Å²) in [6, 6.07) is 15.7. The summed E-state index contributed by atoms with van der Waals surface area (Å²) in [6.45, 7) is 0. The molecule has 0 aliphatic carbocycles. The average molecular weight is 247 g/mol. The van der Waals surface area contributed by atoms with Gasteiger partial charge in [0, 0.05) is 5.39 Å². The van der Waals surface area contributed by atoms with Gasteiger partial charge in [-0.3, -0.25) is 0 Å². The van der Waals surface area contributed by atoms with Gasteiger partial charge in [-0.1, -0.05) is 29.5 Å². The van der Waals surface area contributed by atoms with Crippen molar-refractivity contribution in [1.29, 1.82) is 0 Å². The number of rotatable bonds is 1. The standard InChI is InChI=1S/C14H9N5/c1-2-6-11-10(5-1)14(16-9-15-11)19-13-8-4-3-7-12(13)17-18-19/h1-9H. The van der Waals surface area contributed by atoms with Crippen LogP contribution in [0.2, 0.25) is 0 Å². The minimum atomic E-state index is 0.749. The molecule has 0 N–H and O–H groups in total. The third kappa shape index (κ3) is 1.48. The topological polar surface area (TPSA) is 56.5 Å². The Morgan fingerprint density at radius 3 is 2.53 bits per heavy atom. The van der Waals surface area contributed by atoms with Gasteiger partial charge in [0.2, 0.25) is 0 Å². The van der Waals surface area contributed by atoms with E-state index in [1.807, 2.05) is 48.5 Å². The molecule has 0 saturated carbocycles. The summed E-state index contributed by atoms with van der Waals surface area (Å²) < 4.78 is 1.75. The van der Waals surface area contributed by atoms with Crippen molar-refractivity contribution in [2.24, 2.45) is 0 Å². The molecule has 2 heterocycles. The van der Waals surface area contributed by atoms with Crippen LogP contribution in [0, 0.1) is 0 Å². The fourth-order valence-electron chi connectivity index (χ4n) is 2.18. The molecular weight excluding hydrogens is 238 g/mol. The lowest BCUT2D eigenvalue weighted by Gasteiger charge is -2.04. The summed E-state index contributed by atoms with van der Waals surface area (Å²) in [5.41, 5.74) is 2.68. The minimum absolute atomic E-state index is 0.749. The normalized spacial score (nSPS) is 11.2. The second-order valence-corrected chi connectivity index (χ2v) is 4.20. The molecule has 0 saturated heterocycles. The summed E-state index contributed by atoms with van der Waals surface area (Å²) in [5.74, 6) is 0.749. The fourth-order valence-corrected chi connectivity index (χ4v) is 2.18. The van der Waals surface area contributed by atoms with E-state index in [1.165, 1.54) is 0 Å². The maximum Gasteiger partial charge on any atom is 0.167 e. The summed E-state index contributed by atoms with van der Waals surface area (Å²) in [6.07, 6.45) is 1.55. The van der Waals surface area contributed by atoms with E-state index in [0.29, 0.717) is 0 Å². The zero-order chi connectivity index (χ0) is 12.7. The van der Waals surface area contributed by atoms with Crippen molar-refractivity contribution >= 4 is 21.9 Å². The van der Waals surface area contributed by atoms with Gasteiger partial charge in [0.15, 0.2) is 5.82 Å². The van der Waals surface area contributed by atoms with E-state index in [-0.39, 0.29) is 0 Å². The largest absolute Gasteiger partial charge is 0.236 e. The Labute approximate surface area is 108 Å². The van der Waals surface area contributed by atoms with Gasteiger partial charge < -0.3 is 0 Å². The van der Waals surface area contributed by atoms with Crippen LogP contribution in [0.4, 0.5) is 0 Å². The van der Waals surface area contributed by atoms with Crippen LogP contribution in [0.5, 0.6) is 0 Å². The Balaban J connectivity index is 2.10. The highest BCUT2D eigenvalue weighted by atomic mass is 15.4. The molecule has 2 aromatic heterocycles. The number of benzene rings is 2. The second-order valence-electron chi connectivity index (χ2n) is 4.20. The molecule has 0 aliphatic heterocycles. The van der Waals surface area contributed by atoms with Crippen LogP contribution in [0.15, 0.2) is 54.9 Å². The number of para-hydroxylation sites is 2. The smallest absolute Gasteiger partial charge is 0.167 e. The van der Waals surface area contributed by atoms with E-state index in [4.69, 9.17) is 0 Å². The molecule has 5 heteroatoms. The predicted octanol–water partition coefficient (Wildman–Crippen LogP) is 2.36. The highest BCUT2D eigenvalue weighted by molar-refractivity contribution is 5.87. The summed E-state index contributed by atoms with van der Waals surface area (Å²) in [7, 11) is 0. The first-order chi connectivity index (χ1) is 9.43. The molecule has 0 atom stereocenters. The molecule has 19 heavy (non-hydrogen) atoms. The van der Waals surface area contributed by atoms with Crippen molar-refractivity contribution in [3.05, 3.63) is 54.9 Å². The number of fused-ring (bicyclic) bond motifs is 2. The lowest BCUT2D eigenvalue weighted by atomic mass is 10.2. The summed E-state index contributed by atoms with van der Waals surface area (Å²) >= 11 is 0. The lowest BCUT2D eigenvalue weighted by Crippen LogP contribution is -2.01. The third-order valence-electron chi connectivity index (χ3n) is 3.07. The van der Waals surface area contributed by atoms with Crippen molar-refractivity contribution in [3.8, 4) is 5.82 Å². The molecule has 5 nitrogen and oxygen atoms in total. The van der Waals surface area contributed by atoms with E-state index in [9.17, 15) is 0 Å². The van der Waals surface area contributed by atoms with Crippen LogP contribution < -0.4 is 0 Å². The first-order valence-corrected chi connectivity index (χ1v) is 5.94. The summed E-state index contributed by atoms with van der Waals surface area (Å²) in [5, 5.41) is 9.31. The number of aromatic nitrogens is 5. The monoisotopic (exact) mass is 247 g/mol. The molecule has 0 aliphatic rings. The quantitative estimate of drug-likeness (QED) is 0.518. The Kier molecular flexibility index (Phi) is 2.05. The molecule has 90 valence electrons. The highest BCUT2D eigenvalue weighted by Gasteiger charge is 2.10. The van der Waals surface area contributed by atoms with Crippen molar-refractivity contribution in [3.63, 3.8) is 0 Å². The molecule has 2 aromatic carbocycles. The Morgan fingerprint density at radius 1 is 0.789 bits per heavy atom. The molecular formula is C14H9N5. The fraction of sp³-hybridized carbons (Fsp3) is 0. The molecule has 0 amide bonds. The van der Waals surface area contributed by atoms with Crippen molar-refractivity contribution in [1.82, 2.24) is 25.0 Å². The van der Waals surface area contributed by atoms with Gasteiger partial charge in [-0.15, -0.1) is 5.10 Å².